The summed E-state index contributed by atoms with van der Waals surface area (Å²) in [4.78, 5) is 17.4. The van der Waals surface area contributed by atoms with Crippen molar-refractivity contribution in [3.05, 3.63) is 102 Å². The van der Waals surface area contributed by atoms with Gasteiger partial charge in [0.1, 0.15) is 11.6 Å². The van der Waals surface area contributed by atoms with E-state index in [-0.39, 0.29) is 11.9 Å². The van der Waals surface area contributed by atoms with Gasteiger partial charge in [0.15, 0.2) is 0 Å². The highest BCUT2D eigenvalue weighted by atomic mass is 16.5. The number of fused-ring (bicyclic) bond motifs is 1. The minimum Gasteiger partial charge on any atom is -0.493 e. The van der Waals surface area contributed by atoms with Gasteiger partial charge < -0.3 is 14.6 Å². The number of carbonyl (C=O) groups excluding carboxylic acids is 1. The number of aryl methyl sites for hydroxylation is 1. The zero-order valence-electron chi connectivity index (χ0n) is 21.4. The van der Waals surface area contributed by atoms with Gasteiger partial charge in [-0.3, -0.25) is 4.79 Å². The maximum atomic E-state index is 12.6. The summed E-state index contributed by atoms with van der Waals surface area (Å²) in [5.74, 6) is 2.13. The van der Waals surface area contributed by atoms with E-state index in [0.29, 0.717) is 12.5 Å². The molecule has 0 bridgehead atoms. The van der Waals surface area contributed by atoms with Crippen LogP contribution in [-0.4, -0.2) is 22.1 Å². The molecule has 1 unspecified atom stereocenters. The lowest BCUT2D eigenvalue weighted by Gasteiger charge is -2.16. The Kier molecular flexibility index (Phi) is 8.56. The van der Waals surface area contributed by atoms with E-state index < -0.39 is 0 Å². The number of benzene rings is 3. The molecule has 0 fully saturated rings. The van der Waals surface area contributed by atoms with Crippen molar-refractivity contribution in [1.29, 1.82) is 0 Å². The zero-order valence-corrected chi connectivity index (χ0v) is 21.4. The second-order valence-corrected chi connectivity index (χ2v) is 9.33. The van der Waals surface area contributed by atoms with Gasteiger partial charge in [0.25, 0.3) is 0 Å². The number of nitrogens with one attached hydrogen (secondary N) is 1. The minimum absolute atomic E-state index is 0.137. The van der Waals surface area contributed by atoms with Gasteiger partial charge in [-0.05, 0) is 61.1 Å². The second-order valence-electron chi connectivity index (χ2n) is 9.33. The number of aromatic nitrogens is 2. The second kappa shape index (κ2) is 12.2. The molecule has 5 heteroatoms. The molecule has 186 valence electrons. The molecule has 0 aliphatic carbocycles. The van der Waals surface area contributed by atoms with Crippen LogP contribution in [0.2, 0.25) is 0 Å². The summed E-state index contributed by atoms with van der Waals surface area (Å²) in [6.45, 7) is 7.84. The lowest BCUT2D eigenvalue weighted by Crippen LogP contribution is -2.27. The summed E-state index contributed by atoms with van der Waals surface area (Å²) in [6, 6.07) is 26.0. The molecule has 0 radical (unpaired) electrons. The van der Waals surface area contributed by atoms with Crippen LogP contribution in [0.1, 0.15) is 62.5 Å². The molecule has 4 aromatic rings. The molecule has 1 amide bonds. The number of hydrogen-bond donors (Lipinski definition) is 1. The first kappa shape index (κ1) is 25.2. The number of hydrogen-bond acceptors (Lipinski definition) is 3. The van der Waals surface area contributed by atoms with Gasteiger partial charge in [-0.1, -0.05) is 74.5 Å². The molecule has 1 heterocycles. The van der Waals surface area contributed by atoms with E-state index in [0.717, 1.165) is 47.6 Å². The SMILES string of the molecule is CC(C)c1ccccc1OCCCCn1c(C(C)NC(=O)/C=C\c2ccccc2)nc2ccccc21. The summed E-state index contributed by atoms with van der Waals surface area (Å²) in [5, 5.41) is 3.07. The van der Waals surface area contributed by atoms with E-state index >= 15 is 0 Å². The van der Waals surface area contributed by atoms with Gasteiger partial charge in [0, 0.05) is 12.6 Å². The molecule has 0 aliphatic rings. The normalized spacial score (nSPS) is 12.3. The Morgan fingerprint density at radius 3 is 2.47 bits per heavy atom. The van der Waals surface area contributed by atoms with Crippen LogP contribution < -0.4 is 10.1 Å². The Hall–Kier alpha value is -3.86. The minimum atomic E-state index is -0.223. The van der Waals surface area contributed by atoms with Crippen LogP contribution in [0.4, 0.5) is 0 Å². The number of carbonyl (C=O) groups is 1. The number of amides is 1. The molecule has 36 heavy (non-hydrogen) atoms. The Morgan fingerprint density at radius 1 is 0.944 bits per heavy atom. The highest BCUT2D eigenvalue weighted by Gasteiger charge is 2.17. The fourth-order valence-electron chi connectivity index (χ4n) is 4.36. The van der Waals surface area contributed by atoms with Gasteiger partial charge in [-0.2, -0.15) is 0 Å². The highest BCUT2D eigenvalue weighted by Crippen LogP contribution is 2.26. The molecule has 0 saturated carbocycles. The molecule has 4 rings (SSSR count). The maximum Gasteiger partial charge on any atom is 0.244 e. The van der Waals surface area contributed by atoms with Crippen LogP contribution >= 0.6 is 0 Å². The van der Waals surface area contributed by atoms with Gasteiger partial charge in [-0.25, -0.2) is 4.98 Å². The largest absolute Gasteiger partial charge is 0.493 e. The van der Waals surface area contributed by atoms with Crippen molar-refractivity contribution in [2.75, 3.05) is 6.61 Å². The number of nitrogens with zero attached hydrogens (tertiary/aromatic N) is 2. The van der Waals surface area contributed by atoms with Crippen molar-refractivity contribution in [1.82, 2.24) is 14.9 Å². The first-order chi connectivity index (χ1) is 17.5. The third kappa shape index (κ3) is 6.42. The lowest BCUT2D eigenvalue weighted by atomic mass is 10.0. The Balaban J connectivity index is 1.39. The highest BCUT2D eigenvalue weighted by molar-refractivity contribution is 5.92. The van der Waals surface area contributed by atoms with Crippen molar-refractivity contribution < 1.29 is 9.53 Å². The number of unbranched alkanes of at least 4 members (excludes halogenated alkanes) is 1. The van der Waals surface area contributed by atoms with Crippen LogP contribution in [0.15, 0.2) is 84.9 Å². The van der Waals surface area contributed by atoms with E-state index in [2.05, 4.69) is 41.9 Å². The molecule has 5 nitrogen and oxygen atoms in total. The fraction of sp³-hybridized carbons (Fsp3) is 0.290. The average Bonchev–Trinajstić information content (AvgIpc) is 3.27. The third-order valence-electron chi connectivity index (χ3n) is 6.23. The fourth-order valence-corrected chi connectivity index (χ4v) is 4.36. The first-order valence-corrected chi connectivity index (χ1v) is 12.7. The molecule has 1 atom stereocenters. The maximum absolute atomic E-state index is 12.6. The van der Waals surface area contributed by atoms with Crippen LogP contribution in [0.25, 0.3) is 17.1 Å². The Morgan fingerprint density at radius 2 is 1.67 bits per heavy atom. The molecule has 1 aromatic heterocycles. The average molecular weight is 482 g/mol. The van der Waals surface area contributed by atoms with Crippen molar-refractivity contribution in [2.24, 2.45) is 0 Å². The summed E-state index contributed by atoms with van der Waals surface area (Å²) >= 11 is 0. The van der Waals surface area contributed by atoms with Crippen LogP contribution in [0.5, 0.6) is 5.75 Å². The van der Waals surface area contributed by atoms with Gasteiger partial charge in [0.05, 0.1) is 23.7 Å². The molecular formula is C31H35N3O2. The molecular weight excluding hydrogens is 446 g/mol. The monoisotopic (exact) mass is 481 g/mol. The van der Waals surface area contributed by atoms with E-state index in [4.69, 9.17) is 9.72 Å². The van der Waals surface area contributed by atoms with Crippen LogP contribution in [0, 0.1) is 0 Å². The van der Waals surface area contributed by atoms with E-state index in [1.54, 1.807) is 6.08 Å². The molecule has 0 spiro atoms. The molecule has 3 aromatic carbocycles. The number of para-hydroxylation sites is 3. The van der Waals surface area contributed by atoms with Gasteiger partial charge in [-0.15, -0.1) is 0 Å². The third-order valence-corrected chi connectivity index (χ3v) is 6.23. The van der Waals surface area contributed by atoms with Crippen molar-refractivity contribution in [2.45, 2.75) is 52.1 Å². The number of ether oxygens (including phenoxy) is 1. The quantitative estimate of drug-likeness (QED) is 0.187. The summed E-state index contributed by atoms with van der Waals surface area (Å²) < 4.78 is 8.34. The Bertz CT molecular complexity index is 1310. The van der Waals surface area contributed by atoms with Crippen LogP contribution in [-0.2, 0) is 11.3 Å². The summed E-state index contributed by atoms with van der Waals surface area (Å²) in [5.41, 5.74) is 4.26. The summed E-state index contributed by atoms with van der Waals surface area (Å²) in [6.07, 6.45) is 5.28. The topological polar surface area (TPSA) is 56.1 Å². The van der Waals surface area contributed by atoms with Crippen molar-refractivity contribution in [3.8, 4) is 5.75 Å². The standard InChI is InChI=1S/C31H35N3O2/c1-23(2)26-15-7-10-18-29(26)36-22-12-11-21-34-28-17-9-8-16-27(28)33-31(34)24(3)32-30(35)20-19-25-13-5-4-6-14-25/h4-10,13-20,23-24H,11-12,21-22H2,1-3H3,(H,32,35)/b20-19-. The zero-order chi connectivity index (χ0) is 25.3. The van der Waals surface area contributed by atoms with Crippen LogP contribution in [0.3, 0.4) is 0 Å². The van der Waals surface area contributed by atoms with Crippen molar-refractivity contribution >= 4 is 23.0 Å². The van der Waals surface area contributed by atoms with E-state index in [9.17, 15) is 4.79 Å². The smallest absolute Gasteiger partial charge is 0.244 e. The van der Waals surface area contributed by atoms with E-state index in [1.807, 2.05) is 73.7 Å². The molecule has 0 aliphatic heterocycles. The van der Waals surface area contributed by atoms with Gasteiger partial charge >= 0.3 is 0 Å². The first-order valence-electron chi connectivity index (χ1n) is 12.7. The van der Waals surface area contributed by atoms with Crippen molar-refractivity contribution in [3.63, 3.8) is 0 Å². The predicted octanol–water partition coefficient (Wildman–Crippen LogP) is 6.91. The number of imidazole rings is 1. The van der Waals surface area contributed by atoms with E-state index in [1.165, 1.54) is 5.56 Å². The van der Waals surface area contributed by atoms with Gasteiger partial charge in [0.2, 0.25) is 5.91 Å². The number of rotatable bonds is 11. The lowest BCUT2D eigenvalue weighted by molar-refractivity contribution is -0.117. The molecule has 0 saturated heterocycles. The Labute approximate surface area is 213 Å². The summed E-state index contributed by atoms with van der Waals surface area (Å²) in [7, 11) is 0. The predicted molar refractivity (Wildman–Crippen MR) is 147 cm³/mol. The molecule has 1 N–H and O–H groups in total.